The van der Waals surface area contributed by atoms with Gasteiger partial charge in [0.15, 0.2) is 0 Å². The maximum Gasteiger partial charge on any atom is 0.0599 e. The van der Waals surface area contributed by atoms with E-state index in [2.05, 4.69) is 34.6 Å². The smallest absolute Gasteiger partial charge is 0.0599 e. The van der Waals surface area contributed by atoms with Crippen LogP contribution in [-0.2, 0) is 0 Å². The van der Waals surface area contributed by atoms with Gasteiger partial charge in [-0.2, -0.15) is 0 Å². The van der Waals surface area contributed by atoms with Crippen molar-refractivity contribution >= 4 is 0 Å². The molecule has 0 amide bonds. The molecule has 4 fully saturated rings. The summed E-state index contributed by atoms with van der Waals surface area (Å²) in [5.41, 5.74) is 0.810. The molecule has 0 aliphatic heterocycles. The molecule has 1 nitrogen and oxygen atoms in total. The minimum absolute atomic E-state index is 0.0319. The average Bonchev–Trinajstić information content (AvgIpc) is 3.00. The maximum atomic E-state index is 11.1. The molecule has 0 radical (unpaired) electrons. The number of hydrogen-bond acceptors (Lipinski definition) is 1. The first kappa shape index (κ1) is 21.2. The van der Waals surface area contributed by atoms with Crippen molar-refractivity contribution in [1.82, 2.24) is 0 Å². The first-order valence-corrected chi connectivity index (χ1v) is 13.0. The van der Waals surface area contributed by atoms with E-state index in [1.54, 1.807) is 0 Å². The van der Waals surface area contributed by atoms with E-state index in [-0.39, 0.29) is 11.5 Å². The molecule has 9 atom stereocenters. The zero-order valence-electron chi connectivity index (χ0n) is 19.6. The van der Waals surface area contributed by atoms with E-state index < -0.39 is 0 Å². The molecule has 0 aromatic rings. The van der Waals surface area contributed by atoms with Crippen molar-refractivity contribution in [1.29, 1.82) is 0 Å². The van der Waals surface area contributed by atoms with Gasteiger partial charge in [-0.3, -0.25) is 0 Å². The number of aliphatic hydroxyl groups excluding tert-OH is 1. The van der Waals surface area contributed by atoms with E-state index in [4.69, 9.17) is 0 Å². The van der Waals surface area contributed by atoms with Gasteiger partial charge in [-0.05, 0) is 104 Å². The Morgan fingerprint density at radius 1 is 0.857 bits per heavy atom. The van der Waals surface area contributed by atoms with Crippen molar-refractivity contribution in [2.45, 2.75) is 118 Å². The topological polar surface area (TPSA) is 20.2 Å². The summed E-state index contributed by atoms with van der Waals surface area (Å²) < 4.78 is 0. The van der Waals surface area contributed by atoms with Crippen molar-refractivity contribution in [3.05, 3.63) is 0 Å². The lowest BCUT2D eigenvalue weighted by molar-refractivity contribution is -0.164. The van der Waals surface area contributed by atoms with Gasteiger partial charge in [0.25, 0.3) is 0 Å². The second kappa shape index (κ2) is 7.90. The van der Waals surface area contributed by atoms with Crippen LogP contribution in [0.5, 0.6) is 0 Å². The van der Waals surface area contributed by atoms with Crippen LogP contribution in [0.3, 0.4) is 0 Å². The lowest BCUT2D eigenvalue weighted by atomic mass is 9.44. The van der Waals surface area contributed by atoms with Gasteiger partial charge in [0.2, 0.25) is 0 Å². The van der Waals surface area contributed by atoms with Crippen LogP contribution < -0.4 is 0 Å². The quantitative estimate of drug-likeness (QED) is 0.518. The second-order valence-electron chi connectivity index (χ2n) is 12.5. The minimum Gasteiger partial charge on any atom is -0.393 e. The van der Waals surface area contributed by atoms with Crippen molar-refractivity contribution in [3.8, 4) is 0 Å². The Hall–Kier alpha value is -0.0400. The van der Waals surface area contributed by atoms with Gasteiger partial charge >= 0.3 is 0 Å². The molecular weight excluding hydrogens is 340 g/mol. The van der Waals surface area contributed by atoms with Crippen LogP contribution in [0.25, 0.3) is 0 Å². The first-order valence-electron chi connectivity index (χ1n) is 13.0. The molecule has 1 heteroatoms. The molecule has 0 aromatic heterocycles. The highest BCUT2D eigenvalue weighted by Gasteiger charge is 2.61. The summed E-state index contributed by atoms with van der Waals surface area (Å²) >= 11 is 0. The highest BCUT2D eigenvalue weighted by molar-refractivity contribution is 5.10. The Morgan fingerprint density at radius 2 is 1.64 bits per heavy atom. The number of fused-ring (bicyclic) bond motifs is 5. The molecule has 0 aromatic carbocycles. The fourth-order valence-electron chi connectivity index (χ4n) is 9.34. The Bertz CT molecular complexity index is 540. The van der Waals surface area contributed by atoms with Gasteiger partial charge in [-0.15, -0.1) is 0 Å². The zero-order valence-corrected chi connectivity index (χ0v) is 19.6. The van der Waals surface area contributed by atoms with Crippen LogP contribution in [0.15, 0.2) is 0 Å². The Kier molecular flexibility index (Phi) is 5.98. The molecule has 4 rings (SSSR count). The molecule has 162 valence electrons. The molecule has 4 aliphatic carbocycles. The van der Waals surface area contributed by atoms with E-state index in [0.29, 0.717) is 5.41 Å². The molecular formula is C27H48O. The molecule has 0 bridgehead atoms. The minimum atomic E-state index is -0.0319. The fourth-order valence-corrected chi connectivity index (χ4v) is 9.34. The fraction of sp³-hybridized carbons (Fsp3) is 1.00. The van der Waals surface area contributed by atoms with Gasteiger partial charge in [0, 0.05) is 0 Å². The second-order valence-corrected chi connectivity index (χ2v) is 12.5. The van der Waals surface area contributed by atoms with E-state index >= 15 is 0 Å². The average molecular weight is 389 g/mol. The summed E-state index contributed by atoms with van der Waals surface area (Å²) in [6, 6.07) is 0. The molecule has 0 unspecified atom stereocenters. The summed E-state index contributed by atoms with van der Waals surface area (Å²) in [6.45, 7) is 12.5. The largest absolute Gasteiger partial charge is 0.393 e. The van der Waals surface area contributed by atoms with Crippen LogP contribution >= 0.6 is 0 Å². The molecule has 4 aliphatic rings. The van der Waals surface area contributed by atoms with Gasteiger partial charge in [-0.1, -0.05) is 60.3 Å². The molecule has 0 saturated heterocycles. The van der Waals surface area contributed by atoms with E-state index in [9.17, 15) is 5.11 Å². The summed E-state index contributed by atoms with van der Waals surface area (Å²) in [5.74, 6) is 6.15. The third kappa shape index (κ3) is 3.30. The van der Waals surface area contributed by atoms with Crippen molar-refractivity contribution in [3.63, 3.8) is 0 Å². The lowest BCUT2D eigenvalue weighted by Gasteiger charge is -2.62. The van der Waals surface area contributed by atoms with Gasteiger partial charge in [0.05, 0.1) is 6.10 Å². The Morgan fingerprint density at radius 3 is 2.39 bits per heavy atom. The summed E-state index contributed by atoms with van der Waals surface area (Å²) in [5, 5.41) is 11.1. The van der Waals surface area contributed by atoms with Crippen molar-refractivity contribution < 1.29 is 5.11 Å². The van der Waals surface area contributed by atoms with Crippen molar-refractivity contribution in [2.24, 2.45) is 52.3 Å². The predicted molar refractivity (Wildman–Crippen MR) is 119 cm³/mol. The Balaban J connectivity index is 1.49. The normalized spacial score (nSPS) is 49.4. The van der Waals surface area contributed by atoms with Gasteiger partial charge in [0.1, 0.15) is 0 Å². The third-order valence-corrected chi connectivity index (χ3v) is 10.9. The molecule has 4 saturated carbocycles. The van der Waals surface area contributed by atoms with E-state index in [1.165, 1.54) is 70.6 Å². The van der Waals surface area contributed by atoms with Crippen LogP contribution in [0.2, 0.25) is 0 Å². The highest BCUT2D eigenvalue weighted by atomic mass is 16.3. The summed E-state index contributed by atoms with van der Waals surface area (Å²) in [6.07, 6.45) is 16.6. The molecule has 28 heavy (non-hydrogen) atoms. The summed E-state index contributed by atoms with van der Waals surface area (Å²) in [4.78, 5) is 0. The predicted octanol–water partition coefficient (Wildman–Crippen LogP) is 7.47. The van der Waals surface area contributed by atoms with Crippen LogP contribution in [0.4, 0.5) is 0 Å². The maximum absolute atomic E-state index is 11.1. The lowest BCUT2D eigenvalue weighted by Crippen LogP contribution is -2.57. The molecule has 0 spiro atoms. The third-order valence-electron chi connectivity index (χ3n) is 10.9. The SMILES string of the molecule is CC(C)CCC[C@@H](C)[C@@H]1CC[C@@H]2[C@@H]3CC[C@H]4CCC[C@H](O)[C@]4(C)[C@@H]3CC[C@]21C. The van der Waals surface area contributed by atoms with Crippen LogP contribution in [-0.4, -0.2) is 11.2 Å². The number of rotatable bonds is 5. The monoisotopic (exact) mass is 388 g/mol. The first-order chi connectivity index (χ1) is 13.3. The summed E-state index contributed by atoms with van der Waals surface area (Å²) in [7, 11) is 0. The number of hydrogen-bond donors (Lipinski definition) is 1. The van der Waals surface area contributed by atoms with Gasteiger partial charge < -0.3 is 5.11 Å². The van der Waals surface area contributed by atoms with Crippen LogP contribution in [0.1, 0.15) is 112 Å². The van der Waals surface area contributed by atoms with Crippen molar-refractivity contribution in [2.75, 3.05) is 0 Å². The zero-order chi connectivity index (χ0) is 20.1. The molecule has 1 N–H and O–H groups in total. The molecule has 0 heterocycles. The van der Waals surface area contributed by atoms with E-state index in [1.807, 2.05) is 0 Å². The Labute approximate surface area is 175 Å². The number of aliphatic hydroxyl groups is 1. The standard InChI is InChI=1S/C27H48O/c1-18(2)8-6-9-19(3)22-14-15-23-21-13-12-20-10-7-11-25(28)27(20,5)24(21)16-17-26(22,23)4/h18-25,28H,6-17H2,1-5H3/t19-,20-,21+,22+,23-,24-,25+,26+,27+/m1/s1. The van der Waals surface area contributed by atoms with E-state index in [0.717, 1.165) is 47.8 Å². The highest BCUT2D eigenvalue weighted by Crippen LogP contribution is 2.68. The van der Waals surface area contributed by atoms with Gasteiger partial charge in [-0.25, -0.2) is 0 Å². The van der Waals surface area contributed by atoms with Crippen LogP contribution in [0, 0.1) is 52.3 Å².